The van der Waals surface area contributed by atoms with Gasteiger partial charge in [0.05, 0.1) is 16.6 Å². The smallest absolute Gasteiger partial charge is 0.0908 e. The minimum Gasteiger partial charge on any atom is -0.382 e. The van der Waals surface area contributed by atoms with E-state index in [1.165, 1.54) is 12.8 Å². The van der Waals surface area contributed by atoms with Gasteiger partial charge < -0.3 is 10.1 Å². The van der Waals surface area contributed by atoms with Gasteiger partial charge in [0.1, 0.15) is 0 Å². The van der Waals surface area contributed by atoms with E-state index in [0.717, 1.165) is 29.4 Å². The van der Waals surface area contributed by atoms with E-state index in [1.807, 2.05) is 18.2 Å². The second-order valence-corrected chi connectivity index (χ2v) is 5.77. The third-order valence-corrected chi connectivity index (χ3v) is 4.34. The lowest BCUT2D eigenvalue weighted by molar-refractivity contribution is 0.0669. The van der Waals surface area contributed by atoms with Gasteiger partial charge in [-0.25, -0.2) is 0 Å². The Kier molecular flexibility index (Phi) is 4.08. The number of ether oxygens (including phenoxy) is 1. The lowest BCUT2D eigenvalue weighted by atomic mass is 9.92. The third kappa shape index (κ3) is 2.74. The Hall–Kier alpha value is -1.32. The predicted molar refractivity (Wildman–Crippen MR) is 83.4 cm³/mol. The summed E-state index contributed by atoms with van der Waals surface area (Å²) >= 11 is 6.21. The maximum absolute atomic E-state index is 6.21. The fourth-order valence-electron chi connectivity index (χ4n) is 2.97. The summed E-state index contributed by atoms with van der Waals surface area (Å²) in [5.74, 6) is 0. The summed E-state index contributed by atoms with van der Waals surface area (Å²) in [7, 11) is 1.80. The predicted octanol–water partition coefficient (Wildman–Crippen LogP) is 4.26. The molecule has 0 aliphatic heterocycles. The Morgan fingerprint density at radius 2 is 2.20 bits per heavy atom. The van der Waals surface area contributed by atoms with Crippen LogP contribution in [0.2, 0.25) is 5.02 Å². The lowest BCUT2D eigenvalue weighted by Gasteiger charge is -2.30. The van der Waals surface area contributed by atoms with Gasteiger partial charge >= 0.3 is 0 Å². The zero-order chi connectivity index (χ0) is 13.9. The number of pyridine rings is 1. The second kappa shape index (κ2) is 5.98. The summed E-state index contributed by atoms with van der Waals surface area (Å²) < 4.78 is 5.49. The zero-order valence-electron chi connectivity index (χ0n) is 11.6. The number of nitrogens with one attached hydrogen (secondary N) is 1. The minimum atomic E-state index is 0.373. The first kappa shape index (κ1) is 13.7. The molecule has 1 aliphatic rings. The molecule has 0 spiro atoms. The zero-order valence-corrected chi connectivity index (χ0v) is 12.4. The van der Waals surface area contributed by atoms with Crippen LogP contribution in [0.15, 0.2) is 30.5 Å². The van der Waals surface area contributed by atoms with Crippen LogP contribution < -0.4 is 5.32 Å². The van der Waals surface area contributed by atoms with Crippen LogP contribution in [-0.4, -0.2) is 24.2 Å². The normalized spacial score (nSPS) is 22.9. The van der Waals surface area contributed by atoms with E-state index >= 15 is 0 Å². The number of nitrogens with zero attached hydrogens (tertiary/aromatic N) is 1. The molecule has 2 aromatic rings. The van der Waals surface area contributed by atoms with Crippen molar-refractivity contribution in [1.29, 1.82) is 0 Å². The summed E-state index contributed by atoms with van der Waals surface area (Å²) in [6, 6.07) is 8.42. The van der Waals surface area contributed by atoms with Crippen LogP contribution >= 0.6 is 11.6 Å². The van der Waals surface area contributed by atoms with Crippen LogP contribution in [0.3, 0.4) is 0 Å². The average Bonchev–Trinajstić information content (AvgIpc) is 2.51. The first-order valence-corrected chi connectivity index (χ1v) is 7.48. The van der Waals surface area contributed by atoms with Gasteiger partial charge in [-0.05, 0) is 49.9 Å². The molecule has 20 heavy (non-hydrogen) atoms. The molecular formula is C16H19ClN2O. The Morgan fingerprint density at radius 1 is 1.30 bits per heavy atom. The monoisotopic (exact) mass is 290 g/mol. The van der Waals surface area contributed by atoms with Gasteiger partial charge in [0.2, 0.25) is 0 Å². The second-order valence-electron chi connectivity index (χ2n) is 5.36. The van der Waals surface area contributed by atoms with Gasteiger partial charge in [-0.1, -0.05) is 11.6 Å². The van der Waals surface area contributed by atoms with Crippen molar-refractivity contribution in [2.24, 2.45) is 0 Å². The highest BCUT2D eigenvalue weighted by atomic mass is 35.5. The molecule has 0 saturated heterocycles. The molecule has 0 amide bonds. The maximum Gasteiger partial charge on any atom is 0.0908 e. The fraction of sp³-hybridized carbons (Fsp3) is 0.438. The van der Waals surface area contributed by atoms with Gasteiger partial charge in [0.25, 0.3) is 0 Å². The fourth-order valence-corrected chi connectivity index (χ4v) is 3.19. The molecule has 0 radical (unpaired) electrons. The molecule has 0 bridgehead atoms. The van der Waals surface area contributed by atoms with Gasteiger partial charge in [-0.15, -0.1) is 0 Å². The molecular weight excluding hydrogens is 272 g/mol. The van der Waals surface area contributed by atoms with Crippen molar-refractivity contribution in [3.05, 3.63) is 35.5 Å². The standard InChI is InChI=1S/C16H19ClN2O/c1-20-12-5-2-4-11(10-12)19-15-8-7-14(17)16-13(15)6-3-9-18-16/h3,6-9,11-12,19H,2,4-5,10H2,1H3. The van der Waals surface area contributed by atoms with Crippen molar-refractivity contribution in [2.45, 2.75) is 37.8 Å². The molecule has 1 aliphatic carbocycles. The van der Waals surface area contributed by atoms with Gasteiger partial charge in [0, 0.05) is 30.4 Å². The molecule has 1 aromatic heterocycles. The average molecular weight is 291 g/mol. The molecule has 1 saturated carbocycles. The number of fused-ring (bicyclic) bond motifs is 1. The molecule has 1 heterocycles. The Balaban J connectivity index is 1.86. The molecule has 1 N–H and O–H groups in total. The Labute approximate surface area is 124 Å². The SMILES string of the molecule is COC1CCCC(Nc2ccc(Cl)c3ncccc23)C1. The lowest BCUT2D eigenvalue weighted by Crippen LogP contribution is -2.31. The van der Waals surface area contributed by atoms with E-state index in [2.05, 4.69) is 16.4 Å². The van der Waals surface area contributed by atoms with Crippen molar-refractivity contribution in [3.8, 4) is 0 Å². The van der Waals surface area contributed by atoms with Crippen LogP contribution in [0.5, 0.6) is 0 Å². The molecule has 2 atom stereocenters. The number of halogens is 1. The summed E-state index contributed by atoms with van der Waals surface area (Å²) in [6.45, 7) is 0. The van der Waals surface area contributed by atoms with Crippen molar-refractivity contribution >= 4 is 28.2 Å². The molecule has 1 aromatic carbocycles. The van der Waals surface area contributed by atoms with Crippen molar-refractivity contribution in [3.63, 3.8) is 0 Å². The number of hydrogen-bond acceptors (Lipinski definition) is 3. The third-order valence-electron chi connectivity index (χ3n) is 4.04. The van der Waals surface area contributed by atoms with Crippen LogP contribution in [0.4, 0.5) is 5.69 Å². The van der Waals surface area contributed by atoms with Gasteiger partial charge in [0.15, 0.2) is 0 Å². The van der Waals surface area contributed by atoms with Crippen LogP contribution in [0, 0.1) is 0 Å². The number of benzene rings is 1. The van der Waals surface area contributed by atoms with Gasteiger partial charge in [-0.2, -0.15) is 0 Å². The highest BCUT2D eigenvalue weighted by molar-refractivity contribution is 6.35. The summed E-state index contributed by atoms with van der Waals surface area (Å²) in [6.07, 6.45) is 6.76. The van der Waals surface area contributed by atoms with Crippen LogP contribution in [-0.2, 0) is 4.74 Å². The maximum atomic E-state index is 6.21. The minimum absolute atomic E-state index is 0.373. The van der Waals surface area contributed by atoms with Crippen molar-refractivity contribution < 1.29 is 4.74 Å². The number of anilines is 1. The first-order valence-electron chi connectivity index (χ1n) is 7.10. The molecule has 3 nitrogen and oxygen atoms in total. The van der Waals surface area contributed by atoms with Crippen molar-refractivity contribution in [1.82, 2.24) is 4.98 Å². The highest BCUT2D eigenvalue weighted by Gasteiger charge is 2.22. The summed E-state index contributed by atoms with van der Waals surface area (Å²) in [5.41, 5.74) is 1.97. The Bertz CT molecular complexity index is 602. The van der Waals surface area contributed by atoms with Crippen LogP contribution in [0.25, 0.3) is 10.9 Å². The number of rotatable bonds is 3. The quantitative estimate of drug-likeness (QED) is 0.917. The molecule has 2 unspecified atom stereocenters. The van der Waals surface area contributed by atoms with E-state index in [9.17, 15) is 0 Å². The first-order chi connectivity index (χ1) is 9.78. The number of aromatic nitrogens is 1. The topological polar surface area (TPSA) is 34.1 Å². The summed E-state index contributed by atoms with van der Waals surface area (Å²) in [5, 5.41) is 5.42. The van der Waals surface area contributed by atoms with E-state index < -0.39 is 0 Å². The molecule has 1 fully saturated rings. The summed E-state index contributed by atoms with van der Waals surface area (Å²) in [4.78, 5) is 4.37. The molecule has 106 valence electrons. The van der Waals surface area contributed by atoms with Crippen LogP contribution in [0.1, 0.15) is 25.7 Å². The van der Waals surface area contributed by atoms with Gasteiger partial charge in [-0.3, -0.25) is 4.98 Å². The van der Waals surface area contributed by atoms with E-state index in [-0.39, 0.29) is 0 Å². The largest absolute Gasteiger partial charge is 0.382 e. The number of hydrogen-bond donors (Lipinski definition) is 1. The molecule has 4 heteroatoms. The highest BCUT2D eigenvalue weighted by Crippen LogP contribution is 2.30. The Morgan fingerprint density at radius 3 is 3.05 bits per heavy atom. The van der Waals surface area contributed by atoms with Crippen molar-refractivity contribution in [2.75, 3.05) is 12.4 Å². The number of methoxy groups -OCH3 is 1. The van der Waals surface area contributed by atoms with E-state index in [4.69, 9.17) is 16.3 Å². The van der Waals surface area contributed by atoms with E-state index in [0.29, 0.717) is 17.2 Å². The van der Waals surface area contributed by atoms with E-state index in [1.54, 1.807) is 13.3 Å². The molecule has 3 rings (SSSR count).